The fraction of sp³-hybridized carbons (Fsp3) is 0.455. The molecule has 7 nitrogen and oxygen atoms in total. The molecule has 1 aliphatic heterocycles. The normalized spacial score (nSPS) is 17.6. The second-order valence-corrected chi connectivity index (χ2v) is 9.77. The van der Waals surface area contributed by atoms with Crippen molar-refractivity contribution in [3.63, 3.8) is 0 Å². The van der Waals surface area contributed by atoms with Crippen LogP contribution in [0.25, 0.3) is 11.2 Å². The monoisotopic (exact) mass is 428 g/mol. The topological polar surface area (TPSA) is 77.3 Å². The minimum Gasteiger partial charge on any atom is -0.494 e. The van der Waals surface area contributed by atoms with Crippen LogP contribution in [0, 0.1) is 5.92 Å². The van der Waals surface area contributed by atoms with Crippen molar-refractivity contribution < 1.29 is 13.2 Å². The molecule has 30 heavy (non-hydrogen) atoms. The molecule has 0 unspecified atom stereocenters. The first-order valence-electron chi connectivity index (χ1n) is 10.5. The second-order valence-electron chi connectivity index (χ2n) is 7.83. The predicted molar refractivity (Wildman–Crippen MR) is 116 cm³/mol. The summed E-state index contributed by atoms with van der Waals surface area (Å²) in [5, 5.41) is 0. The van der Waals surface area contributed by atoms with Crippen molar-refractivity contribution in [2.75, 3.05) is 19.7 Å². The van der Waals surface area contributed by atoms with Gasteiger partial charge < -0.3 is 9.30 Å². The zero-order valence-electron chi connectivity index (χ0n) is 17.5. The summed E-state index contributed by atoms with van der Waals surface area (Å²) in [4.78, 5) is 9.38. The van der Waals surface area contributed by atoms with Crippen molar-refractivity contribution >= 4 is 21.2 Å². The molecule has 1 aliphatic rings. The molecule has 0 amide bonds. The van der Waals surface area contributed by atoms with Crippen LogP contribution >= 0.6 is 0 Å². The number of unbranched alkanes of at least 4 members (excludes halogenated alkanes) is 1. The van der Waals surface area contributed by atoms with Crippen LogP contribution in [0.15, 0.2) is 47.5 Å². The Morgan fingerprint density at radius 3 is 2.73 bits per heavy atom. The minimum absolute atomic E-state index is 0.243. The van der Waals surface area contributed by atoms with E-state index < -0.39 is 10.0 Å². The Hall–Kier alpha value is -2.45. The van der Waals surface area contributed by atoms with Gasteiger partial charge in [0, 0.05) is 32.8 Å². The Balaban J connectivity index is 1.42. The van der Waals surface area contributed by atoms with Gasteiger partial charge in [-0.2, -0.15) is 4.31 Å². The lowest BCUT2D eigenvalue weighted by atomic mass is 10.1. The minimum atomic E-state index is -3.50. The Morgan fingerprint density at radius 1 is 1.20 bits per heavy atom. The number of benzene rings is 1. The molecular formula is C22H28N4O3S. The molecule has 0 saturated carbocycles. The van der Waals surface area contributed by atoms with Gasteiger partial charge in [-0.15, -0.1) is 0 Å². The van der Waals surface area contributed by atoms with Gasteiger partial charge in [0.1, 0.15) is 17.1 Å². The van der Waals surface area contributed by atoms with Gasteiger partial charge in [0.05, 0.1) is 11.5 Å². The van der Waals surface area contributed by atoms with Crippen molar-refractivity contribution in [3.05, 3.63) is 48.4 Å². The fourth-order valence-corrected chi connectivity index (χ4v) is 5.42. The molecule has 0 bridgehead atoms. The van der Waals surface area contributed by atoms with E-state index in [1.165, 1.54) is 0 Å². The van der Waals surface area contributed by atoms with Crippen molar-refractivity contribution in [2.24, 2.45) is 13.0 Å². The van der Waals surface area contributed by atoms with Gasteiger partial charge in [-0.25, -0.2) is 18.4 Å². The Kier molecular flexibility index (Phi) is 6.06. The summed E-state index contributed by atoms with van der Waals surface area (Å²) in [6, 6.07) is 10.6. The number of hydrogen-bond donors (Lipinski definition) is 0. The van der Waals surface area contributed by atoms with Crippen LogP contribution in [-0.2, 0) is 23.5 Å². The molecule has 1 saturated heterocycles. The van der Waals surface area contributed by atoms with Crippen LogP contribution in [0.3, 0.4) is 0 Å². The predicted octanol–water partition coefficient (Wildman–Crippen LogP) is 3.40. The highest BCUT2D eigenvalue weighted by molar-refractivity contribution is 7.89. The van der Waals surface area contributed by atoms with Crippen LogP contribution in [-0.4, -0.2) is 47.0 Å². The lowest BCUT2D eigenvalue weighted by Crippen LogP contribution is -2.29. The first-order valence-corrected chi connectivity index (χ1v) is 11.9. The number of sulfonamides is 1. The molecule has 0 radical (unpaired) electrons. The van der Waals surface area contributed by atoms with Crippen LogP contribution in [0.4, 0.5) is 0 Å². The summed E-state index contributed by atoms with van der Waals surface area (Å²) in [6.45, 7) is 3.79. The van der Waals surface area contributed by atoms with E-state index in [2.05, 4.69) is 16.9 Å². The highest BCUT2D eigenvalue weighted by Gasteiger charge is 2.33. The van der Waals surface area contributed by atoms with Crippen molar-refractivity contribution in [2.45, 2.75) is 37.5 Å². The highest BCUT2D eigenvalue weighted by Crippen LogP contribution is 2.28. The number of aromatic nitrogens is 3. The zero-order valence-corrected chi connectivity index (χ0v) is 18.3. The molecule has 1 atom stereocenters. The van der Waals surface area contributed by atoms with Gasteiger partial charge >= 0.3 is 0 Å². The SMILES string of the molecule is CCCCOc1ccc(S(=O)(=O)N2CC[C@H](Cc3nc4cccnc4n3C)C2)cc1. The zero-order chi connectivity index (χ0) is 21.1. The van der Waals surface area contributed by atoms with Gasteiger partial charge in [0.25, 0.3) is 0 Å². The maximum Gasteiger partial charge on any atom is 0.243 e. The maximum atomic E-state index is 13.1. The van der Waals surface area contributed by atoms with Crippen LogP contribution in [0.1, 0.15) is 32.0 Å². The number of rotatable bonds is 8. The number of hydrogen-bond acceptors (Lipinski definition) is 5. The first kappa shape index (κ1) is 20.8. The number of imidazole rings is 1. The van der Waals surface area contributed by atoms with Gasteiger partial charge in [-0.3, -0.25) is 0 Å². The van der Waals surface area contributed by atoms with Gasteiger partial charge in [-0.05, 0) is 55.2 Å². The van der Waals surface area contributed by atoms with Crippen molar-refractivity contribution in [1.82, 2.24) is 18.8 Å². The average Bonchev–Trinajstić information content (AvgIpc) is 3.35. The molecule has 2 aromatic heterocycles. The molecule has 1 aromatic carbocycles. The highest BCUT2D eigenvalue weighted by atomic mass is 32.2. The average molecular weight is 429 g/mol. The summed E-state index contributed by atoms with van der Waals surface area (Å²) in [6.07, 6.45) is 5.37. The van der Waals surface area contributed by atoms with Gasteiger partial charge in [-0.1, -0.05) is 13.3 Å². The molecule has 3 heterocycles. The fourth-order valence-electron chi connectivity index (χ4n) is 3.88. The molecule has 0 N–H and O–H groups in total. The molecule has 3 aromatic rings. The largest absolute Gasteiger partial charge is 0.494 e. The van der Waals surface area contributed by atoms with E-state index in [0.29, 0.717) is 30.3 Å². The lowest BCUT2D eigenvalue weighted by molar-refractivity contribution is 0.309. The smallest absolute Gasteiger partial charge is 0.243 e. The van der Waals surface area contributed by atoms with Crippen LogP contribution < -0.4 is 4.74 Å². The summed E-state index contributed by atoms with van der Waals surface area (Å²) >= 11 is 0. The lowest BCUT2D eigenvalue weighted by Gasteiger charge is -2.17. The van der Waals surface area contributed by atoms with E-state index in [1.807, 2.05) is 23.7 Å². The van der Waals surface area contributed by atoms with Crippen LogP contribution in [0.2, 0.25) is 0 Å². The van der Waals surface area contributed by atoms with Crippen LogP contribution in [0.5, 0.6) is 5.75 Å². The van der Waals surface area contributed by atoms with E-state index in [0.717, 1.165) is 42.7 Å². The summed E-state index contributed by atoms with van der Waals surface area (Å²) in [5.74, 6) is 1.89. The maximum absolute atomic E-state index is 13.1. The standard InChI is InChI=1S/C22H28N4O3S/c1-3-4-14-29-18-7-9-19(10-8-18)30(27,28)26-13-11-17(16-26)15-21-24-20-6-5-12-23-22(20)25(21)2/h5-10,12,17H,3-4,11,13-16H2,1-2H3/t17-/m1/s1. The first-order chi connectivity index (χ1) is 14.5. The Labute approximate surface area is 177 Å². The molecule has 0 spiro atoms. The molecule has 8 heteroatoms. The Bertz CT molecular complexity index is 1110. The third kappa shape index (κ3) is 4.20. The van der Waals surface area contributed by atoms with Crippen molar-refractivity contribution in [3.8, 4) is 5.75 Å². The van der Waals surface area contributed by atoms with E-state index in [4.69, 9.17) is 4.74 Å². The van der Waals surface area contributed by atoms with Crippen molar-refractivity contribution in [1.29, 1.82) is 0 Å². The third-order valence-corrected chi connectivity index (χ3v) is 7.55. The van der Waals surface area contributed by atoms with E-state index in [1.54, 1.807) is 34.8 Å². The number of aryl methyl sites for hydroxylation is 1. The molecule has 1 fully saturated rings. The molecular weight excluding hydrogens is 400 g/mol. The number of ether oxygens (including phenoxy) is 1. The number of fused-ring (bicyclic) bond motifs is 1. The third-order valence-electron chi connectivity index (χ3n) is 5.67. The molecule has 4 rings (SSSR count). The molecule has 160 valence electrons. The Morgan fingerprint density at radius 2 is 2.00 bits per heavy atom. The summed E-state index contributed by atoms with van der Waals surface area (Å²) in [5.41, 5.74) is 1.73. The van der Waals surface area contributed by atoms with Gasteiger partial charge in [0.15, 0.2) is 5.65 Å². The van der Waals surface area contributed by atoms with Gasteiger partial charge in [0.2, 0.25) is 10.0 Å². The van der Waals surface area contributed by atoms with E-state index in [9.17, 15) is 8.42 Å². The second kappa shape index (κ2) is 8.73. The summed E-state index contributed by atoms with van der Waals surface area (Å²) in [7, 11) is -1.54. The van der Waals surface area contributed by atoms with E-state index in [-0.39, 0.29) is 5.92 Å². The van der Waals surface area contributed by atoms with E-state index >= 15 is 0 Å². The summed E-state index contributed by atoms with van der Waals surface area (Å²) < 4.78 is 35.4. The number of nitrogens with zero attached hydrogens (tertiary/aromatic N) is 4. The molecule has 0 aliphatic carbocycles. The number of pyridine rings is 1. The quantitative estimate of drug-likeness (QED) is 0.514.